The number of ether oxygens (including phenoxy) is 1. The third-order valence-corrected chi connectivity index (χ3v) is 4.11. The molecule has 2 aromatic carbocycles. The van der Waals surface area contributed by atoms with E-state index in [9.17, 15) is 0 Å². The third-order valence-electron chi connectivity index (χ3n) is 4.11. The molecule has 0 atom stereocenters. The molecule has 0 radical (unpaired) electrons. The number of hydrogen-bond acceptors (Lipinski definition) is 1. The molecule has 0 amide bonds. The van der Waals surface area contributed by atoms with Crippen LogP contribution in [-0.4, -0.2) is 11.7 Å². The van der Waals surface area contributed by atoms with Crippen molar-refractivity contribution in [3.05, 3.63) is 77.4 Å². The molecule has 0 bridgehead atoms. The molecule has 0 aliphatic heterocycles. The topological polar surface area (TPSA) is 18.0 Å². The van der Waals surface area contributed by atoms with Crippen LogP contribution in [0.4, 0.5) is 0 Å². The summed E-state index contributed by atoms with van der Waals surface area (Å²) in [5.41, 5.74) is 6.43. The van der Waals surface area contributed by atoms with Gasteiger partial charge in [0.15, 0.2) is 0 Å². The van der Waals surface area contributed by atoms with Gasteiger partial charge in [-0.2, -0.15) is 0 Å². The summed E-state index contributed by atoms with van der Waals surface area (Å²) in [5.74, 6) is 0.891. The van der Waals surface area contributed by atoms with Crippen molar-refractivity contribution in [2.45, 2.75) is 27.3 Å². The molecule has 3 nitrogen and oxygen atoms in total. The summed E-state index contributed by atoms with van der Waals surface area (Å²) in [5, 5.41) is 0. The van der Waals surface area contributed by atoms with E-state index in [-0.39, 0.29) is 0 Å². The van der Waals surface area contributed by atoms with Crippen molar-refractivity contribution < 1.29 is 9.30 Å². The Morgan fingerprint density at radius 2 is 1.65 bits per heavy atom. The molecule has 0 spiro atoms. The molecule has 118 valence electrons. The molecule has 1 heterocycles. The number of benzene rings is 2. The minimum absolute atomic E-state index is 0.848. The Labute approximate surface area is 137 Å². The molecular weight excluding hydrogens is 284 g/mol. The average Bonchev–Trinajstić information content (AvgIpc) is 2.95. The van der Waals surface area contributed by atoms with Crippen LogP contribution in [0.25, 0.3) is 5.69 Å². The molecule has 3 rings (SSSR count). The van der Waals surface area contributed by atoms with E-state index in [1.807, 2.05) is 12.1 Å². The van der Waals surface area contributed by atoms with E-state index in [0.717, 1.165) is 12.3 Å². The zero-order valence-corrected chi connectivity index (χ0v) is 14.2. The fraction of sp³-hybridized carbons (Fsp3) is 0.250. The van der Waals surface area contributed by atoms with Gasteiger partial charge >= 0.3 is 0 Å². The number of hydrogen-bond donors (Lipinski definition) is 0. The van der Waals surface area contributed by atoms with Crippen LogP contribution in [-0.2, 0) is 6.54 Å². The lowest BCUT2D eigenvalue weighted by Crippen LogP contribution is -2.31. The number of rotatable bonds is 4. The van der Waals surface area contributed by atoms with Gasteiger partial charge in [-0.25, -0.2) is 9.13 Å². The van der Waals surface area contributed by atoms with Crippen molar-refractivity contribution in [2.75, 3.05) is 7.11 Å². The maximum Gasteiger partial charge on any atom is 0.249 e. The van der Waals surface area contributed by atoms with Crippen LogP contribution in [0.15, 0.2) is 55.1 Å². The molecule has 1 aromatic heterocycles. The fourth-order valence-electron chi connectivity index (χ4n) is 3.14. The van der Waals surface area contributed by atoms with Crippen molar-refractivity contribution in [2.24, 2.45) is 0 Å². The second-order valence-corrected chi connectivity index (χ2v) is 6.09. The summed E-state index contributed by atoms with van der Waals surface area (Å²) in [7, 11) is 1.69. The highest BCUT2D eigenvalue weighted by atomic mass is 16.5. The average molecular weight is 307 g/mol. The first-order chi connectivity index (χ1) is 11.1. The lowest BCUT2D eigenvalue weighted by molar-refractivity contribution is -0.687. The molecule has 0 fully saturated rings. The molecule has 0 N–H and O–H groups in total. The van der Waals surface area contributed by atoms with Crippen LogP contribution in [0, 0.1) is 20.8 Å². The summed E-state index contributed by atoms with van der Waals surface area (Å²) in [6.07, 6.45) is 6.38. The summed E-state index contributed by atoms with van der Waals surface area (Å²) < 4.78 is 9.60. The largest absolute Gasteiger partial charge is 0.497 e. The molecule has 3 heteroatoms. The van der Waals surface area contributed by atoms with Crippen molar-refractivity contribution in [3.8, 4) is 11.4 Å². The van der Waals surface area contributed by atoms with Crippen molar-refractivity contribution in [1.29, 1.82) is 0 Å². The maximum absolute atomic E-state index is 5.21. The van der Waals surface area contributed by atoms with E-state index in [1.54, 1.807) is 7.11 Å². The fourth-order valence-corrected chi connectivity index (χ4v) is 3.14. The van der Waals surface area contributed by atoms with Crippen LogP contribution in [0.2, 0.25) is 0 Å². The van der Waals surface area contributed by atoms with Crippen LogP contribution >= 0.6 is 0 Å². The Morgan fingerprint density at radius 3 is 2.26 bits per heavy atom. The van der Waals surface area contributed by atoms with E-state index in [2.05, 4.69) is 72.9 Å². The summed E-state index contributed by atoms with van der Waals surface area (Å²) >= 11 is 0. The van der Waals surface area contributed by atoms with Gasteiger partial charge in [-0.15, -0.1) is 0 Å². The lowest BCUT2D eigenvalue weighted by Gasteiger charge is -2.07. The maximum atomic E-state index is 5.21. The summed E-state index contributed by atoms with van der Waals surface area (Å²) in [6.45, 7) is 7.33. The van der Waals surface area contributed by atoms with Gasteiger partial charge in [0.25, 0.3) is 0 Å². The van der Waals surface area contributed by atoms with E-state index in [4.69, 9.17) is 4.74 Å². The zero-order chi connectivity index (χ0) is 16.4. The lowest BCUT2D eigenvalue weighted by atomic mass is 10.1. The molecular formula is C20H23N2O+. The van der Waals surface area contributed by atoms with Crippen LogP contribution in [0.5, 0.6) is 5.75 Å². The first-order valence-electron chi connectivity index (χ1n) is 7.85. The van der Waals surface area contributed by atoms with Gasteiger partial charge in [0, 0.05) is 0 Å². The summed E-state index contributed by atoms with van der Waals surface area (Å²) in [4.78, 5) is 0. The van der Waals surface area contributed by atoms with E-state index in [1.165, 1.54) is 27.9 Å². The first kappa shape index (κ1) is 15.3. The smallest absolute Gasteiger partial charge is 0.249 e. The Morgan fingerprint density at radius 1 is 1.00 bits per heavy atom. The van der Waals surface area contributed by atoms with Crippen LogP contribution < -0.4 is 9.30 Å². The Balaban J connectivity index is 1.86. The van der Waals surface area contributed by atoms with Crippen molar-refractivity contribution in [1.82, 2.24) is 4.57 Å². The van der Waals surface area contributed by atoms with Gasteiger partial charge in [0.2, 0.25) is 6.33 Å². The van der Waals surface area contributed by atoms with Gasteiger partial charge in [-0.05, 0) is 49.6 Å². The zero-order valence-electron chi connectivity index (χ0n) is 14.2. The number of imidazole rings is 1. The minimum atomic E-state index is 0.848. The number of nitrogens with zero attached hydrogens (tertiary/aromatic N) is 2. The first-order valence-corrected chi connectivity index (χ1v) is 7.85. The molecule has 0 saturated heterocycles. The van der Waals surface area contributed by atoms with Crippen LogP contribution in [0.3, 0.4) is 0 Å². The van der Waals surface area contributed by atoms with Gasteiger partial charge in [0.1, 0.15) is 30.4 Å². The Kier molecular flexibility index (Phi) is 4.20. The van der Waals surface area contributed by atoms with Gasteiger partial charge < -0.3 is 4.74 Å². The molecule has 0 aliphatic rings. The SMILES string of the molecule is COc1ccc(C[n+]2ccn(-c3c(C)cc(C)cc3C)c2)cc1. The van der Waals surface area contributed by atoms with E-state index >= 15 is 0 Å². The standard InChI is InChI=1S/C20H23N2O/c1-15-11-16(2)20(17(3)12-15)22-10-9-21(14-22)13-18-5-7-19(23-4)8-6-18/h5-12,14H,13H2,1-4H3/q+1. The molecule has 0 aliphatic carbocycles. The molecule has 3 aromatic rings. The summed E-state index contributed by atoms with van der Waals surface area (Å²) in [6, 6.07) is 12.7. The highest BCUT2D eigenvalue weighted by Crippen LogP contribution is 2.20. The minimum Gasteiger partial charge on any atom is -0.497 e. The van der Waals surface area contributed by atoms with E-state index < -0.39 is 0 Å². The third kappa shape index (κ3) is 3.29. The normalized spacial score (nSPS) is 10.8. The highest BCUT2D eigenvalue weighted by molar-refractivity contribution is 5.48. The van der Waals surface area contributed by atoms with Crippen molar-refractivity contribution in [3.63, 3.8) is 0 Å². The van der Waals surface area contributed by atoms with E-state index in [0.29, 0.717) is 0 Å². The Bertz CT molecular complexity index is 793. The molecule has 0 saturated carbocycles. The van der Waals surface area contributed by atoms with Crippen molar-refractivity contribution >= 4 is 0 Å². The number of methoxy groups -OCH3 is 1. The second-order valence-electron chi connectivity index (χ2n) is 6.09. The Hall–Kier alpha value is -2.55. The molecule has 0 unspecified atom stereocenters. The monoisotopic (exact) mass is 307 g/mol. The predicted octanol–water partition coefficient (Wildman–Crippen LogP) is 3.75. The number of aromatic nitrogens is 2. The molecule has 23 heavy (non-hydrogen) atoms. The second kappa shape index (κ2) is 6.29. The number of aryl methyl sites for hydroxylation is 3. The van der Waals surface area contributed by atoms with Crippen LogP contribution in [0.1, 0.15) is 22.3 Å². The van der Waals surface area contributed by atoms with Gasteiger partial charge in [-0.3, -0.25) is 0 Å². The quantitative estimate of drug-likeness (QED) is 0.671. The van der Waals surface area contributed by atoms with Gasteiger partial charge in [-0.1, -0.05) is 29.8 Å². The van der Waals surface area contributed by atoms with Gasteiger partial charge in [0.05, 0.1) is 7.11 Å². The highest BCUT2D eigenvalue weighted by Gasteiger charge is 2.13. The predicted molar refractivity (Wildman–Crippen MR) is 92.3 cm³/mol.